The maximum absolute atomic E-state index is 12.6. The summed E-state index contributed by atoms with van der Waals surface area (Å²) in [5, 5.41) is 0. The zero-order valence-electron chi connectivity index (χ0n) is 13.2. The Hall–Kier alpha value is -1.92. The molecule has 0 N–H and O–H groups in total. The van der Waals surface area contributed by atoms with Gasteiger partial charge in [-0.2, -0.15) is 0 Å². The summed E-state index contributed by atoms with van der Waals surface area (Å²) in [6.07, 6.45) is 1.57. The maximum Gasteiger partial charge on any atom is 0.204 e. The van der Waals surface area contributed by atoms with Crippen LogP contribution in [-0.4, -0.2) is 32.1 Å². The van der Waals surface area contributed by atoms with E-state index in [4.69, 9.17) is 14.2 Å². The van der Waals surface area contributed by atoms with Gasteiger partial charge in [0.25, 0.3) is 0 Å². The molecule has 0 atom stereocenters. The number of Topliss-reactive ketones (excluding diaryl/α,β-unsaturated/α-hetero) is 2. The summed E-state index contributed by atoms with van der Waals surface area (Å²) in [7, 11) is 1.50. The fraction of sp³-hybridized carbons (Fsp3) is 0.294. The Bertz CT molecular complexity index is 718. The van der Waals surface area contributed by atoms with Crippen molar-refractivity contribution < 1.29 is 23.8 Å². The summed E-state index contributed by atoms with van der Waals surface area (Å²) in [6.45, 7) is 7.21. The van der Waals surface area contributed by atoms with Crippen LogP contribution in [0.25, 0.3) is 0 Å². The Labute approximate surface area is 143 Å². The first-order chi connectivity index (χ1) is 10.9. The number of allylic oxidation sites excluding steroid dienone is 2. The first-order valence-electron chi connectivity index (χ1n) is 6.92. The van der Waals surface area contributed by atoms with Crippen molar-refractivity contribution in [1.29, 1.82) is 0 Å². The number of hydrogen-bond donors (Lipinski definition) is 0. The van der Waals surface area contributed by atoms with E-state index in [2.05, 4.69) is 22.5 Å². The van der Waals surface area contributed by atoms with Gasteiger partial charge in [-0.1, -0.05) is 12.7 Å². The van der Waals surface area contributed by atoms with Crippen LogP contribution in [0, 0.1) is 6.92 Å². The highest BCUT2D eigenvalue weighted by atomic mass is 79.9. The minimum Gasteiger partial charge on any atom is -0.488 e. The summed E-state index contributed by atoms with van der Waals surface area (Å²) in [5.41, 5.74) is 1.51. The fourth-order valence-electron chi connectivity index (χ4n) is 2.31. The van der Waals surface area contributed by atoms with Crippen molar-refractivity contribution >= 4 is 27.5 Å². The lowest BCUT2D eigenvalue weighted by molar-refractivity contribution is 0.0503. The molecule has 0 aliphatic heterocycles. The van der Waals surface area contributed by atoms with E-state index in [-0.39, 0.29) is 40.6 Å². The zero-order valence-corrected chi connectivity index (χ0v) is 14.8. The first kappa shape index (κ1) is 17.4. The number of methoxy groups -OCH3 is 1. The number of benzene rings is 1. The van der Waals surface area contributed by atoms with Gasteiger partial charge in [-0.15, -0.1) is 0 Å². The van der Waals surface area contributed by atoms with Crippen LogP contribution in [0.15, 0.2) is 28.8 Å². The Morgan fingerprint density at radius 2 is 1.91 bits per heavy atom. The smallest absolute Gasteiger partial charge is 0.204 e. The second-order valence-electron chi connectivity index (χ2n) is 5.00. The van der Waals surface area contributed by atoms with E-state index < -0.39 is 0 Å². The molecular weight excluding hydrogens is 364 g/mol. The van der Waals surface area contributed by atoms with Crippen LogP contribution in [0.4, 0.5) is 0 Å². The minimum atomic E-state index is -0.280. The number of fused-ring (bicyclic) bond motifs is 1. The summed E-state index contributed by atoms with van der Waals surface area (Å²) < 4.78 is 16.3. The highest BCUT2D eigenvalue weighted by Gasteiger charge is 2.34. The van der Waals surface area contributed by atoms with Gasteiger partial charge in [0.05, 0.1) is 10.0 Å². The van der Waals surface area contributed by atoms with Crippen LogP contribution in [0.2, 0.25) is 0 Å². The van der Waals surface area contributed by atoms with Crippen LogP contribution >= 0.6 is 15.9 Å². The third-order valence-electron chi connectivity index (χ3n) is 3.50. The van der Waals surface area contributed by atoms with Crippen LogP contribution in [0.1, 0.15) is 33.2 Å². The predicted octanol–water partition coefficient (Wildman–Crippen LogP) is 3.59. The largest absolute Gasteiger partial charge is 0.488 e. The molecule has 0 heterocycles. The molecule has 2 rings (SSSR count). The Kier molecular flexibility index (Phi) is 5.38. The molecule has 23 heavy (non-hydrogen) atoms. The van der Waals surface area contributed by atoms with Gasteiger partial charge >= 0.3 is 0 Å². The van der Waals surface area contributed by atoms with Crippen LogP contribution < -0.4 is 9.47 Å². The van der Waals surface area contributed by atoms with Gasteiger partial charge in [-0.3, -0.25) is 9.59 Å². The van der Waals surface area contributed by atoms with Crippen molar-refractivity contribution in [3.63, 3.8) is 0 Å². The van der Waals surface area contributed by atoms with Crippen molar-refractivity contribution in [3.8, 4) is 11.5 Å². The minimum absolute atomic E-state index is 0.0289. The van der Waals surface area contributed by atoms with Gasteiger partial charge in [-0.25, -0.2) is 0 Å². The lowest BCUT2D eigenvalue weighted by atomic mass is 9.87. The highest BCUT2D eigenvalue weighted by molar-refractivity contribution is 9.12. The fourth-order valence-corrected chi connectivity index (χ4v) is 2.69. The number of halogens is 1. The standard InChI is InChI=1S/C17H17BrO5/c1-5-6-22-17-9(2)12(23-8-21-4)7-11-13(17)16(20)14(18)10(3)15(11)19/h5,7H,1,6,8H2,2-4H3. The molecule has 0 aromatic heterocycles. The quantitative estimate of drug-likeness (QED) is 0.557. The molecular formula is C17H17BrO5. The van der Waals surface area contributed by atoms with Gasteiger partial charge in [0.2, 0.25) is 5.78 Å². The van der Waals surface area contributed by atoms with E-state index in [1.165, 1.54) is 7.11 Å². The van der Waals surface area contributed by atoms with Gasteiger partial charge in [-0.05, 0) is 35.8 Å². The van der Waals surface area contributed by atoms with Gasteiger partial charge < -0.3 is 14.2 Å². The average molecular weight is 381 g/mol. The number of carbonyl (C=O) groups is 2. The number of hydrogen-bond acceptors (Lipinski definition) is 5. The highest BCUT2D eigenvalue weighted by Crippen LogP contribution is 2.41. The van der Waals surface area contributed by atoms with Crippen molar-refractivity contribution in [3.05, 3.63) is 45.5 Å². The second-order valence-corrected chi connectivity index (χ2v) is 5.79. The van der Waals surface area contributed by atoms with E-state index in [1.54, 1.807) is 26.0 Å². The van der Waals surface area contributed by atoms with E-state index in [9.17, 15) is 9.59 Å². The van der Waals surface area contributed by atoms with Crippen LogP contribution in [-0.2, 0) is 4.74 Å². The molecule has 122 valence electrons. The molecule has 0 saturated carbocycles. The van der Waals surface area contributed by atoms with Gasteiger partial charge in [0.15, 0.2) is 12.6 Å². The second kappa shape index (κ2) is 7.10. The Balaban J connectivity index is 2.68. The summed E-state index contributed by atoms with van der Waals surface area (Å²) in [6, 6.07) is 1.56. The average Bonchev–Trinajstić information content (AvgIpc) is 2.55. The third-order valence-corrected chi connectivity index (χ3v) is 4.46. The van der Waals surface area contributed by atoms with Crippen molar-refractivity contribution in [2.45, 2.75) is 13.8 Å². The van der Waals surface area contributed by atoms with E-state index in [0.29, 0.717) is 22.6 Å². The number of ether oxygens (including phenoxy) is 3. The number of rotatable bonds is 6. The van der Waals surface area contributed by atoms with Crippen molar-refractivity contribution in [1.82, 2.24) is 0 Å². The molecule has 0 spiro atoms. The van der Waals surface area contributed by atoms with Crippen LogP contribution in [0.5, 0.6) is 11.5 Å². The molecule has 0 unspecified atom stereocenters. The molecule has 1 aliphatic rings. The van der Waals surface area contributed by atoms with Crippen LogP contribution in [0.3, 0.4) is 0 Å². The maximum atomic E-state index is 12.6. The van der Waals surface area contributed by atoms with E-state index >= 15 is 0 Å². The third kappa shape index (κ3) is 3.09. The zero-order chi connectivity index (χ0) is 17.1. The molecule has 6 heteroatoms. The monoisotopic (exact) mass is 380 g/mol. The molecule has 0 fully saturated rings. The van der Waals surface area contributed by atoms with Gasteiger partial charge in [0, 0.05) is 23.8 Å². The molecule has 5 nitrogen and oxygen atoms in total. The lowest BCUT2D eigenvalue weighted by Gasteiger charge is -2.22. The molecule has 0 bridgehead atoms. The van der Waals surface area contributed by atoms with Gasteiger partial charge in [0.1, 0.15) is 18.1 Å². The predicted molar refractivity (Wildman–Crippen MR) is 89.7 cm³/mol. The molecule has 0 saturated heterocycles. The molecule has 0 radical (unpaired) electrons. The topological polar surface area (TPSA) is 61.8 Å². The lowest BCUT2D eigenvalue weighted by Crippen LogP contribution is -2.21. The van der Waals surface area contributed by atoms with Crippen molar-refractivity contribution in [2.24, 2.45) is 0 Å². The first-order valence-corrected chi connectivity index (χ1v) is 7.72. The molecule has 1 aromatic carbocycles. The SMILES string of the molecule is C=CCOc1c(C)c(OCOC)cc2c1C(=O)C(Br)=C(C)C2=O. The molecule has 1 aliphatic carbocycles. The van der Waals surface area contributed by atoms with E-state index in [0.717, 1.165) is 0 Å². The summed E-state index contributed by atoms with van der Waals surface area (Å²) in [5.74, 6) is 0.252. The van der Waals surface area contributed by atoms with Crippen molar-refractivity contribution in [2.75, 3.05) is 20.5 Å². The molecule has 0 amide bonds. The van der Waals surface area contributed by atoms with E-state index in [1.807, 2.05) is 0 Å². The number of carbonyl (C=O) groups excluding carboxylic acids is 2. The molecule has 1 aromatic rings. The Morgan fingerprint density at radius 1 is 1.22 bits per heavy atom. The summed E-state index contributed by atoms with van der Waals surface area (Å²) in [4.78, 5) is 25.1. The normalized spacial score (nSPS) is 13.9. The Morgan fingerprint density at radius 3 is 2.52 bits per heavy atom. The summed E-state index contributed by atoms with van der Waals surface area (Å²) >= 11 is 3.20. The number of ketones is 2.